The van der Waals surface area contributed by atoms with Crippen LogP contribution in [0.15, 0.2) is 425 Å². The first-order valence-corrected chi connectivity index (χ1v) is 42.4. The van der Waals surface area contributed by atoms with Crippen LogP contribution in [0.4, 0.5) is 68.2 Å². The van der Waals surface area contributed by atoms with Crippen molar-refractivity contribution >= 4 is 223 Å². The van der Waals surface area contributed by atoms with Gasteiger partial charge in [-0.1, -0.05) is 297 Å². The Bertz CT molecular complexity index is 7960. The van der Waals surface area contributed by atoms with Crippen LogP contribution in [0.2, 0.25) is 0 Å². The number of fused-ring (bicyclic) bond motifs is 24. The maximum Gasteiger partial charge on any atom is 0.252 e. The quantitative estimate of drug-likeness (QED) is 0.112. The van der Waals surface area contributed by atoms with Crippen LogP contribution in [0.5, 0.6) is 0 Å². The fourth-order valence-electron chi connectivity index (χ4n) is 22.1. The van der Waals surface area contributed by atoms with E-state index in [0.29, 0.717) is 0 Å². The summed E-state index contributed by atoms with van der Waals surface area (Å²) in [7, 11) is 0. The van der Waals surface area contributed by atoms with E-state index in [1.807, 2.05) is 0 Å². The highest BCUT2D eigenvalue weighted by atomic mass is 15.2. The third-order valence-electron chi connectivity index (χ3n) is 27.1. The first kappa shape index (κ1) is 67.2. The fourth-order valence-corrected chi connectivity index (χ4v) is 22.1. The van der Waals surface area contributed by atoms with Crippen molar-refractivity contribution in [2.45, 2.75) is 0 Å². The minimum atomic E-state index is -0.220. The first-order valence-electron chi connectivity index (χ1n) is 42.4. The highest BCUT2D eigenvalue weighted by Gasteiger charge is 2.49. The number of hydrogen-bond acceptors (Lipinski definition) is 4. The Balaban J connectivity index is 0.738. The molecule has 23 aromatic rings. The molecule has 0 spiro atoms. The Morgan fingerprint density at radius 1 is 0.164 bits per heavy atom. The van der Waals surface area contributed by atoms with E-state index in [4.69, 9.17) is 0 Å². The Morgan fingerprint density at radius 2 is 0.484 bits per heavy atom. The van der Waals surface area contributed by atoms with Crippen molar-refractivity contribution in [3.05, 3.63) is 425 Å². The van der Waals surface area contributed by atoms with Gasteiger partial charge in [-0.25, -0.2) is 0 Å². The Labute approximate surface area is 704 Å². The molecule has 0 unspecified atom stereocenters. The van der Waals surface area contributed by atoms with Crippen LogP contribution in [0.25, 0.3) is 142 Å². The topological polar surface area (TPSA) is 22.8 Å². The van der Waals surface area contributed by atoms with Gasteiger partial charge in [0.25, 0.3) is 13.4 Å². The average Bonchev–Trinajstić information content (AvgIpc) is 0.770. The molecule has 0 radical (unpaired) electrons. The molecule has 0 N–H and O–H groups in total. The summed E-state index contributed by atoms with van der Waals surface area (Å²) in [6.45, 7) is -0.440. The van der Waals surface area contributed by atoms with E-state index in [2.05, 4.69) is 453 Å². The van der Waals surface area contributed by atoms with Gasteiger partial charge in [-0.3, -0.25) is 0 Å². The molecule has 4 aliphatic rings. The minimum absolute atomic E-state index is 0.220. The highest BCUT2D eigenvalue weighted by Crippen LogP contribution is 2.53. The second-order valence-corrected chi connectivity index (χ2v) is 33.3. The summed E-state index contributed by atoms with van der Waals surface area (Å²) < 4.78 is 5.20. The summed E-state index contributed by atoms with van der Waals surface area (Å²) in [6, 6.07) is 161. The smallest absolute Gasteiger partial charge is 0.252 e. The van der Waals surface area contributed by atoms with E-state index in [1.54, 1.807) is 0 Å². The molecule has 2 aromatic heterocycles. The van der Waals surface area contributed by atoms with Crippen LogP contribution in [0.1, 0.15) is 0 Å². The predicted octanol–water partition coefficient (Wildman–Crippen LogP) is 26.3. The lowest BCUT2D eigenvalue weighted by Crippen LogP contribution is -2.65. The van der Waals surface area contributed by atoms with Crippen molar-refractivity contribution in [1.29, 1.82) is 0 Å². The number of benzene rings is 21. The Hall–Kier alpha value is -15.9. The fraction of sp³-hybridized carbons (Fsp3) is 0. The van der Waals surface area contributed by atoms with Gasteiger partial charge in [0.05, 0.1) is 33.4 Å². The van der Waals surface area contributed by atoms with Crippen molar-refractivity contribution in [3.63, 3.8) is 0 Å². The van der Waals surface area contributed by atoms with Gasteiger partial charge in [0, 0.05) is 101 Å². The molecule has 0 bridgehead atoms. The zero-order chi connectivity index (χ0) is 79.5. The molecule has 0 saturated carbocycles. The lowest BCUT2D eigenvalue weighted by atomic mass is 9.30. The number of nitrogens with zero attached hydrogens (tertiary/aromatic N) is 6. The van der Waals surface area contributed by atoms with Gasteiger partial charge in [0.1, 0.15) is 0 Å². The average molecular weight is 1550 g/mol. The van der Waals surface area contributed by atoms with Crippen molar-refractivity contribution in [3.8, 4) is 33.6 Å². The Morgan fingerprint density at radius 3 is 0.877 bits per heavy atom. The second kappa shape index (κ2) is 25.8. The molecule has 27 rings (SSSR count). The van der Waals surface area contributed by atoms with Crippen LogP contribution in [0.3, 0.4) is 0 Å². The molecule has 0 amide bonds. The molecule has 8 heteroatoms. The third-order valence-corrected chi connectivity index (χ3v) is 27.1. The van der Waals surface area contributed by atoms with Crippen LogP contribution in [-0.2, 0) is 0 Å². The molecule has 562 valence electrons. The van der Waals surface area contributed by atoms with Crippen molar-refractivity contribution in [1.82, 2.24) is 9.13 Å². The van der Waals surface area contributed by atoms with E-state index in [9.17, 15) is 0 Å². The molecule has 4 aliphatic heterocycles. The molecule has 122 heavy (non-hydrogen) atoms. The van der Waals surface area contributed by atoms with Crippen LogP contribution < -0.4 is 52.4 Å². The van der Waals surface area contributed by atoms with Crippen molar-refractivity contribution in [2.75, 3.05) is 19.6 Å². The normalized spacial score (nSPS) is 13.1. The number of hydrogen-bond donors (Lipinski definition) is 0. The van der Waals surface area contributed by atoms with Gasteiger partial charge >= 0.3 is 0 Å². The number of para-hydroxylation sites is 6. The van der Waals surface area contributed by atoms with Gasteiger partial charge in [-0.2, -0.15) is 0 Å². The molecule has 0 aliphatic carbocycles. The van der Waals surface area contributed by atoms with Crippen LogP contribution >= 0.6 is 0 Å². The molecule has 0 fully saturated rings. The van der Waals surface area contributed by atoms with Gasteiger partial charge in [0.15, 0.2) is 0 Å². The summed E-state index contributed by atoms with van der Waals surface area (Å²) in [5, 5.41) is 19.5. The van der Waals surface area contributed by atoms with Crippen molar-refractivity contribution in [2.24, 2.45) is 0 Å². The van der Waals surface area contributed by atoms with E-state index in [0.717, 1.165) is 90.7 Å². The molecular weight excluding hydrogens is 1470 g/mol. The van der Waals surface area contributed by atoms with Gasteiger partial charge < -0.3 is 28.7 Å². The summed E-state index contributed by atoms with van der Waals surface area (Å²) in [5.74, 6) is 0. The highest BCUT2D eigenvalue weighted by molar-refractivity contribution is 7.03. The van der Waals surface area contributed by atoms with Crippen LogP contribution in [-0.4, -0.2) is 22.6 Å². The largest absolute Gasteiger partial charge is 0.311 e. The number of aromatic nitrogens is 2. The summed E-state index contributed by atoms with van der Waals surface area (Å²) in [4.78, 5) is 10.4. The van der Waals surface area contributed by atoms with Gasteiger partial charge in [-0.15, -0.1) is 0 Å². The summed E-state index contributed by atoms with van der Waals surface area (Å²) in [5.41, 5.74) is 32.4. The van der Waals surface area contributed by atoms with E-state index in [-0.39, 0.29) is 13.4 Å². The lowest BCUT2D eigenvalue weighted by molar-refractivity contribution is 1.16. The molecule has 6 nitrogen and oxygen atoms in total. The Kier molecular flexibility index (Phi) is 14.2. The molecule has 0 atom stereocenters. The minimum Gasteiger partial charge on any atom is -0.311 e. The molecular formula is C114H70B2N6. The monoisotopic (exact) mass is 1540 g/mol. The van der Waals surface area contributed by atoms with Crippen LogP contribution in [0, 0.1) is 0 Å². The van der Waals surface area contributed by atoms with Crippen molar-refractivity contribution < 1.29 is 0 Å². The SMILES string of the molecule is c1ccc(N2c3ccccc3B3c4cc5c(cc4N(c4ccccc4)c4cc(-n6c7ccc(-c8cc9ccccc9c9ccccc89)cc7c7ccc8ccccc8c76)cc2c43)N(c2ccccc2)c2cc(-n3c4ccc(-c6cc7ccccc7c7ccccc67)cc4c4ccc6ccccc6c43)cc3c2B5c2ccccc2N3c2ccccc2)cc1. The summed E-state index contributed by atoms with van der Waals surface area (Å²) in [6.07, 6.45) is 0. The third kappa shape index (κ3) is 9.57. The maximum atomic E-state index is 2.67. The molecule has 21 aromatic carbocycles. The zero-order valence-corrected chi connectivity index (χ0v) is 66.3. The summed E-state index contributed by atoms with van der Waals surface area (Å²) >= 11 is 0. The number of rotatable bonds is 8. The predicted molar refractivity (Wildman–Crippen MR) is 519 cm³/mol. The maximum absolute atomic E-state index is 2.67. The second-order valence-electron chi connectivity index (χ2n) is 33.3. The molecule has 6 heterocycles. The van der Waals surface area contributed by atoms with Gasteiger partial charge in [0.2, 0.25) is 0 Å². The lowest BCUT2D eigenvalue weighted by Gasteiger charge is -2.47. The first-order chi connectivity index (χ1) is 60.6. The van der Waals surface area contributed by atoms with Gasteiger partial charge in [-0.05, 0) is 236 Å². The zero-order valence-electron chi connectivity index (χ0n) is 66.3. The standard InChI is InChI=1S/C114H70B2N6/c1-5-33-77(34-6-1)117-103-51-27-25-49-97(103)115-99-69-100-106(70-105(99)119(79-37-9-3-10-38-79)109-67-81(65-107(117)111(109)115)121-101-59-55-75(63-95(101)91-57-53-71-29-13-19-43-85(71)113(91)121)93-61-73-31-15-17-41-83(73)87-45-21-23-47-89(87)93)120(80-39-11-4-12-40-80)110-68-82(66-108-112(110)116(100)98-50-26-28-52-104(98)118(108)78-35-7-2-8-36-78)122-102-60-56-76(64-96(102)92-58-54-72-30-14-20-44-86(72)114(92)122)94-62-74-32-16-18-42-84(74)88-46-22-24-48-90(88)94/h1-70H. The molecule has 0 saturated heterocycles. The van der Waals surface area contributed by atoms with E-state index >= 15 is 0 Å². The number of anilines is 12. The van der Waals surface area contributed by atoms with E-state index in [1.165, 1.54) is 152 Å². The van der Waals surface area contributed by atoms with E-state index < -0.39 is 0 Å².